The van der Waals surface area contributed by atoms with Crippen LogP contribution in [-0.2, 0) is 7.05 Å². The Morgan fingerprint density at radius 1 is 1.20 bits per heavy atom. The van der Waals surface area contributed by atoms with Crippen molar-refractivity contribution in [1.29, 1.82) is 0 Å². The Morgan fingerprint density at radius 2 is 1.92 bits per heavy atom. The molecule has 1 amide bonds. The minimum atomic E-state index is -0.00913. The molecule has 2 heterocycles. The maximum Gasteiger partial charge on any atom is 0.345 e. The summed E-state index contributed by atoms with van der Waals surface area (Å²) in [6.45, 7) is 1.40. The van der Waals surface area contributed by atoms with Gasteiger partial charge in [0.15, 0.2) is 0 Å². The smallest absolute Gasteiger partial charge is 0.339 e. The molecule has 2 aromatic rings. The van der Waals surface area contributed by atoms with Crippen molar-refractivity contribution >= 4 is 21.8 Å². The van der Waals surface area contributed by atoms with Gasteiger partial charge in [-0.25, -0.2) is 9.48 Å². The Balaban J connectivity index is 1.48. The van der Waals surface area contributed by atoms with Crippen LogP contribution < -0.4 is 5.69 Å². The Bertz CT molecular complexity index is 860. The van der Waals surface area contributed by atoms with Crippen LogP contribution in [0.5, 0.6) is 0 Å². The molecule has 4 rings (SSSR count). The zero-order valence-electron chi connectivity index (χ0n) is 14.2. The summed E-state index contributed by atoms with van der Waals surface area (Å²) < 4.78 is 4.25. The number of benzene rings is 1. The summed E-state index contributed by atoms with van der Waals surface area (Å²) in [6.07, 6.45) is 3.84. The number of rotatable bonds is 3. The highest BCUT2D eigenvalue weighted by Gasteiger charge is 2.34. The molecule has 1 aliphatic heterocycles. The van der Waals surface area contributed by atoms with Crippen LogP contribution in [0.25, 0.3) is 0 Å². The van der Waals surface area contributed by atoms with Crippen molar-refractivity contribution in [3.8, 4) is 0 Å². The summed E-state index contributed by atoms with van der Waals surface area (Å²) in [4.78, 5) is 26.9. The fourth-order valence-electron chi connectivity index (χ4n) is 3.60. The standard InChI is InChI=1S/C18H21BrN4O2/c1-21-18(25)23(15-5-6-15)16(20-21)12-7-9-22(10-8-12)17(24)13-3-2-4-14(19)11-13/h2-4,11-12,15H,5-10H2,1H3. The first-order chi connectivity index (χ1) is 12.0. The summed E-state index contributed by atoms with van der Waals surface area (Å²) in [6, 6.07) is 7.84. The van der Waals surface area contributed by atoms with E-state index in [2.05, 4.69) is 21.0 Å². The number of aryl methyl sites for hydroxylation is 1. The van der Waals surface area contributed by atoms with Gasteiger partial charge in [-0.05, 0) is 43.9 Å². The van der Waals surface area contributed by atoms with Crippen LogP contribution in [0, 0.1) is 0 Å². The van der Waals surface area contributed by atoms with Crippen LogP contribution in [0.4, 0.5) is 0 Å². The molecule has 132 valence electrons. The summed E-state index contributed by atoms with van der Waals surface area (Å²) in [7, 11) is 1.72. The second-order valence-corrected chi connectivity index (χ2v) is 7.86. The molecule has 0 N–H and O–H groups in total. The lowest BCUT2D eigenvalue weighted by Crippen LogP contribution is -2.38. The van der Waals surface area contributed by atoms with Gasteiger partial charge in [0.25, 0.3) is 5.91 Å². The van der Waals surface area contributed by atoms with E-state index in [1.165, 1.54) is 4.68 Å². The quantitative estimate of drug-likeness (QED) is 0.789. The fraction of sp³-hybridized carbons (Fsp3) is 0.500. The molecule has 0 atom stereocenters. The van der Waals surface area contributed by atoms with Gasteiger partial charge in [-0.3, -0.25) is 9.36 Å². The van der Waals surface area contributed by atoms with Crippen LogP contribution in [-0.4, -0.2) is 38.2 Å². The Kier molecular flexibility index (Phi) is 4.27. The molecular formula is C18H21BrN4O2. The number of hydrogen-bond donors (Lipinski definition) is 0. The predicted octanol–water partition coefficient (Wildman–Crippen LogP) is 2.70. The highest BCUT2D eigenvalue weighted by Crippen LogP contribution is 2.37. The van der Waals surface area contributed by atoms with Crippen molar-refractivity contribution in [2.45, 2.75) is 37.6 Å². The Hall–Kier alpha value is -1.89. The lowest BCUT2D eigenvalue weighted by atomic mass is 9.95. The molecule has 1 saturated heterocycles. The molecule has 0 spiro atoms. The van der Waals surface area contributed by atoms with Crippen LogP contribution in [0.15, 0.2) is 33.5 Å². The van der Waals surface area contributed by atoms with E-state index >= 15 is 0 Å². The summed E-state index contributed by atoms with van der Waals surface area (Å²) in [5.74, 6) is 1.23. The number of aromatic nitrogens is 3. The van der Waals surface area contributed by atoms with Crippen LogP contribution in [0.3, 0.4) is 0 Å². The molecule has 0 radical (unpaired) electrons. The van der Waals surface area contributed by atoms with Gasteiger partial charge in [-0.2, -0.15) is 5.10 Å². The zero-order valence-corrected chi connectivity index (χ0v) is 15.8. The molecule has 7 heteroatoms. The van der Waals surface area contributed by atoms with Crippen molar-refractivity contribution in [3.63, 3.8) is 0 Å². The first kappa shape index (κ1) is 16.6. The molecule has 1 aromatic carbocycles. The third-order valence-corrected chi connectivity index (χ3v) is 5.61. The van der Waals surface area contributed by atoms with Gasteiger partial charge in [0.2, 0.25) is 0 Å². The maximum absolute atomic E-state index is 12.7. The SMILES string of the molecule is Cn1nc(C2CCN(C(=O)c3cccc(Br)c3)CC2)n(C2CC2)c1=O. The molecule has 25 heavy (non-hydrogen) atoms. The third-order valence-electron chi connectivity index (χ3n) is 5.11. The number of nitrogens with zero attached hydrogens (tertiary/aromatic N) is 4. The lowest BCUT2D eigenvalue weighted by Gasteiger charge is -2.31. The average molecular weight is 405 g/mol. The average Bonchev–Trinajstić information content (AvgIpc) is 3.41. The first-order valence-electron chi connectivity index (χ1n) is 8.75. The van der Waals surface area contributed by atoms with E-state index in [0.717, 1.165) is 36.0 Å². The highest BCUT2D eigenvalue weighted by atomic mass is 79.9. The van der Waals surface area contributed by atoms with Gasteiger partial charge in [-0.1, -0.05) is 22.0 Å². The molecule has 1 aromatic heterocycles. The summed E-state index contributed by atoms with van der Waals surface area (Å²) in [5.41, 5.74) is 0.700. The number of likely N-dealkylation sites (tertiary alicyclic amines) is 1. The molecule has 6 nitrogen and oxygen atoms in total. The number of halogens is 1. The van der Waals surface area contributed by atoms with E-state index in [1.54, 1.807) is 7.05 Å². The molecule has 0 unspecified atom stereocenters. The molecule has 2 aliphatic rings. The van der Waals surface area contributed by atoms with Gasteiger partial charge in [0.1, 0.15) is 5.82 Å². The van der Waals surface area contributed by atoms with Crippen molar-refractivity contribution in [3.05, 3.63) is 50.6 Å². The third kappa shape index (κ3) is 3.17. The van der Waals surface area contributed by atoms with Gasteiger partial charge in [-0.15, -0.1) is 0 Å². The molecular weight excluding hydrogens is 384 g/mol. The van der Waals surface area contributed by atoms with Crippen LogP contribution >= 0.6 is 15.9 Å². The van der Waals surface area contributed by atoms with E-state index < -0.39 is 0 Å². The van der Waals surface area contributed by atoms with Gasteiger partial charge < -0.3 is 4.90 Å². The van der Waals surface area contributed by atoms with Crippen molar-refractivity contribution in [1.82, 2.24) is 19.2 Å². The van der Waals surface area contributed by atoms with Crippen molar-refractivity contribution in [2.75, 3.05) is 13.1 Å². The molecule has 2 fully saturated rings. The predicted molar refractivity (Wildman–Crippen MR) is 97.8 cm³/mol. The molecule has 1 saturated carbocycles. The van der Waals surface area contributed by atoms with E-state index in [1.807, 2.05) is 33.7 Å². The van der Waals surface area contributed by atoms with Gasteiger partial charge in [0.05, 0.1) is 0 Å². The monoisotopic (exact) mass is 404 g/mol. The Labute approximate surface area is 154 Å². The topological polar surface area (TPSA) is 60.1 Å². The number of carbonyl (C=O) groups is 1. The van der Waals surface area contributed by atoms with E-state index in [4.69, 9.17) is 0 Å². The number of carbonyl (C=O) groups excluding carboxylic acids is 1. The van der Waals surface area contributed by atoms with Crippen molar-refractivity contribution < 1.29 is 4.79 Å². The zero-order chi connectivity index (χ0) is 17.6. The second-order valence-electron chi connectivity index (χ2n) is 6.94. The van der Waals surface area contributed by atoms with E-state index in [-0.39, 0.29) is 17.5 Å². The van der Waals surface area contributed by atoms with Gasteiger partial charge >= 0.3 is 5.69 Å². The lowest BCUT2D eigenvalue weighted by molar-refractivity contribution is 0.0710. The fourth-order valence-corrected chi connectivity index (χ4v) is 4.00. The second kappa shape index (κ2) is 6.44. The first-order valence-corrected chi connectivity index (χ1v) is 9.54. The maximum atomic E-state index is 12.7. The van der Waals surface area contributed by atoms with Crippen LogP contribution in [0.1, 0.15) is 53.8 Å². The number of hydrogen-bond acceptors (Lipinski definition) is 3. The number of amides is 1. The van der Waals surface area contributed by atoms with Gasteiger partial charge in [0, 0.05) is 42.1 Å². The normalized spacial score (nSPS) is 18.6. The minimum absolute atomic E-state index is 0.00913. The largest absolute Gasteiger partial charge is 0.345 e. The minimum Gasteiger partial charge on any atom is -0.339 e. The van der Waals surface area contributed by atoms with Crippen LogP contribution in [0.2, 0.25) is 0 Å². The summed E-state index contributed by atoms with van der Waals surface area (Å²) in [5, 5.41) is 4.49. The van der Waals surface area contributed by atoms with E-state index in [9.17, 15) is 9.59 Å². The molecule has 1 aliphatic carbocycles. The van der Waals surface area contributed by atoms with E-state index in [0.29, 0.717) is 24.7 Å². The number of piperidine rings is 1. The summed E-state index contributed by atoms with van der Waals surface area (Å²) >= 11 is 3.42. The highest BCUT2D eigenvalue weighted by molar-refractivity contribution is 9.10. The molecule has 0 bridgehead atoms. The Morgan fingerprint density at radius 3 is 2.56 bits per heavy atom. The van der Waals surface area contributed by atoms with Crippen molar-refractivity contribution in [2.24, 2.45) is 7.05 Å².